The van der Waals surface area contributed by atoms with Crippen molar-refractivity contribution in [3.8, 4) is 0 Å². The van der Waals surface area contributed by atoms with E-state index in [2.05, 4.69) is 30.3 Å². The van der Waals surface area contributed by atoms with Crippen LogP contribution in [0, 0.1) is 23.7 Å². The van der Waals surface area contributed by atoms with Crippen molar-refractivity contribution in [3.63, 3.8) is 0 Å². The van der Waals surface area contributed by atoms with Gasteiger partial charge in [-0.2, -0.15) is 0 Å². The van der Waals surface area contributed by atoms with E-state index in [1.807, 2.05) is 0 Å². The van der Waals surface area contributed by atoms with Gasteiger partial charge in [-0.1, -0.05) is 30.3 Å². The lowest BCUT2D eigenvalue weighted by Gasteiger charge is -2.59. The number of amides is 1. The molecule has 2 nitrogen and oxygen atoms in total. The first-order valence-electron chi connectivity index (χ1n) is 7.53. The summed E-state index contributed by atoms with van der Waals surface area (Å²) in [5.41, 5.74) is 7.51. The van der Waals surface area contributed by atoms with Crippen LogP contribution in [-0.4, -0.2) is 5.91 Å². The molecule has 2 heteroatoms. The maximum atomic E-state index is 11.8. The highest BCUT2D eigenvalue weighted by atomic mass is 16.1. The van der Waals surface area contributed by atoms with Crippen molar-refractivity contribution in [2.45, 2.75) is 37.5 Å². The molecule has 0 heterocycles. The van der Waals surface area contributed by atoms with Crippen molar-refractivity contribution in [2.75, 3.05) is 0 Å². The fraction of sp³-hybridized carbons (Fsp3) is 0.588. The molecule has 100 valence electrons. The number of benzene rings is 1. The average molecular weight is 255 g/mol. The van der Waals surface area contributed by atoms with E-state index in [1.165, 1.54) is 37.7 Å². The molecule has 4 saturated carbocycles. The van der Waals surface area contributed by atoms with Crippen LogP contribution in [0.4, 0.5) is 0 Å². The molecule has 2 atom stereocenters. The van der Waals surface area contributed by atoms with E-state index >= 15 is 0 Å². The molecule has 0 spiro atoms. The molecule has 4 aliphatic rings. The second kappa shape index (κ2) is 3.84. The van der Waals surface area contributed by atoms with Crippen LogP contribution in [0.3, 0.4) is 0 Å². The number of carbonyl (C=O) groups excluding carboxylic acids is 1. The van der Waals surface area contributed by atoms with Crippen LogP contribution >= 0.6 is 0 Å². The van der Waals surface area contributed by atoms with E-state index < -0.39 is 0 Å². The van der Waals surface area contributed by atoms with Crippen LogP contribution in [0.1, 0.15) is 37.7 Å². The lowest BCUT2D eigenvalue weighted by Crippen LogP contribution is -2.56. The van der Waals surface area contributed by atoms with Crippen molar-refractivity contribution in [3.05, 3.63) is 35.9 Å². The Morgan fingerprint density at radius 2 is 1.68 bits per heavy atom. The van der Waals surface area contributed by atoms with Gasteiger partial charge in [0.25, 0.3) is 0 Å². The summed E-state index contributed by atoms with van der Waals surface area (Å²) in [4.78, 5) is 11.8. The maximum Gasteiger partial charge on any atom is 0.221 e. The molecule has 19 heavy (non-hydrogen) atoms. The summed E-state index contributed by atoms with van der Waals surface area (Å²) in [6, 6.07) is 11.0. The minimum atomic E-state index is -0.0444. The summed E-state index contributed by atoms with van der Waals surface area (Å²) in [5, 5.41) is 0. The summed E-state index contributed by atoms with van der Waals surface area (Å²) in [7, 11) is 0. The van der Waals surface area contributed by atoms with Crippen molar-refractivity contribution < 1.29 is 4.79 Å². The molecule has 2 N–H and O–H groups in total. The van der Waals surface area contributed by atoms with Crippen molar-refractivity contribution in [1.82, 2.24) is 0 Å². The lowest BCUT2D eigenvalue weighted by atomic mass is 9.44. The minimum Gasteiger partial charge on any atom is -0.369 e. The zero-order chi connectivity index (χ0) is 13.0. The van der Waals surface area contributed by atoms with E-state index in [0.29, 0.717) is 17.3 Å². The van der Waals surface area contributed by atoms with Crippen molar-refractivity contribution in [2.24, 2.45) is 29.4 Å². The predicted molar refractivity (Wildman–Crippen MR) is 74.4 cm³/mol. The van der Waals surface area contributed by atoms with Gasteiger partial charge in [-0.25, -0.2) is 0 Å². The molecule has 0 aromatic heterocycles. The number of primary amides is 1. The van der Waals surface area contributed by atoms with Crippen LogP contribution in [0.2, 0.25) is 0 Å². The summed E-state index contributed by atoms with van der Waals surface area (Å²) in [6.07, 6.45) is 6.15. The third-order valence-corrected chi connectivity index (χ3v) is 5.99. The Morgan fingerprint density at radius 3 is 2.26 bits per heavy atom. The molecule has 4 bridgehead atoms. The first kappa shape index (κ1) is 11.5. The summed E-state index contributed by atoms with van der Waals surface area (Å²) < 4.78 is 0. The molecule has 1 amide bonds. The van der Waals surface area contributed by atoms with Crippen molar-refractivity contribution in [1.29, 1.82) is 0 Å². The van der Waals surface area contributed by atoms with Gasteiger partial charge in [0, 0.05) is 5.92 Å². The largest absolute Gasteiger partial charge is 0.369 e. The van der Waals surface area contributed by atoms with E-state index in [0.717, 1.165) is 5.92 Å². The monoisotopic (exact) mass is 255 g/mol. The first-order valence-corrected chi connectivity index (χ1v) is 7.53. The van der Waals surface area contributed by atoms with Gasteiger partial charge in [0.1, 0.15) is 0 Å². The van der Waals surface area contributed by atoms with Gasteiger partial charge in [-0.05, 0) is 60.8 Å². The smallest absolute Gasteiger partial charge is 0.221 e. The van der Waals surface area contributed by atoms with Gasteiger partial charge < -0.3 is 5.73 Å². The van der Waals surface area contributed by atoms with Gasteiger partial charge in [0.05, 0.1) is 0 Å². The quantitative estimate of drug-likeness (QED) is 0.867. The van der Waals surface area contributed by atoms with Gasteiger partial charge in [0.15, 0.2) is 0 Å². The van der Waals surface area contributed by atoms with Crippen molar-refractivity contribution >= 4 is 5.91 Å². The molecular formula is C17H21NO. The Balaban J connectivity index is 1.73. The molecule has 1 aromatic rings. The summed E-state index contributed by atoms with van der Waals surface area (Å²) in [5.74, 6) is 2.03. The van der Waals surface area contributed by atoms with E-state index in [-0.39, 0.29) is 11.8 Å². The highest BCUT2D eigenvalue weighted by Gasteiger charge is 2.57. The number of rotatable bonds is 2. The average Bonchev–Trinajstić information content (AvgIpc) is 2.38. The van der Waals surface area contributed by atoms with Crippen LogP contribution in [0.5, 0.6) is 0 Å². The normalized spacial score (nSPS) is 43.4. The second-order valence-electron chi connectivity index (χ2n) is 7.04. The fourth-order valence-electron chi connectivity index (χ4n) is 5.63. The molecule has 2 unspecified atom stereocenters. The Labute approximate surface area is 114 Å². The van der Waals surface area contributed by atoms with Gasteiger partial charge in [-0.3, -0.25) is 4.79 Å². The zero-order valence-electron chi connectivity index (χ0n) is 11.2. The predicted octanol–water partition coefficient (Wildman–Crippen LogP) is 2.87. The third kappa shape index (κ3) is 1.58. The van der Waals surface area contributed by atoms with Gasteiger partial charge >= 0.3 is 0 Å². The number of nitrogens with two attached hydrogens (primary N) is 1. The highest BCUT2D eigenvalue weighted by molar-refractivity contribution is 5.77. The molecule has 0 aliphatic heterocycles. The van der Waals surface area contributed by atoms with Crippen LogP contribution in [0.15, 0.2) is 30.3 Å². The Kier molecular flexibility index (Phi) is 2.33. The molecule has 4 aliphatic carbocycles. The summed E-state index contributed by atoms with van der Waals surface area (Å²) >= 11 is 0. The zero-order valence-corrected chi connectivity index (χ0v) is 11.2. The Morgan fingerprint density at radius 1 is 1.05 bits per heavy atom. The van der Waals surface area contributed by atoms with Crippen LogP contribution in [0.25, 0.3) is 0 Å². The first-order chi connectivity index (χ1) is 9.18. The fourth-order valence-corrected chi connectivity index (χ4v) is 5.63. The number of carbonyl (C=O) groups is 1. The molecule has 5 rings (SSSR count). The molecule has 1 aromatic carbocycles. The summed E-state index contributed by atoms with van der Waals surface area (Å²) in [6.45, 7) is 0. The van der Waals surface area contributed by atoms with Crippen LogP contribution < -0.4 is 5.73 Å². The standard InChI is InChI=1S/C17H21NO/c18-16(19)15-12-6-11-7-13(15)10-17(8-11,9-12)14-4-2-1-3-5-14/h1-5,11-13,15H,6-10H2,(H2,18,19). The van der Waals surface area contributed by atoms with Gasteiger partial charge in [-0.15, -0.1) is 0 Å². The lowest BCUT2D eigenvalue weighted by molar-refractivity contribution is -0.136. The maximum absolute atomic E-state index is 11.8. The topological polar surface area (TPSA) is 43.1 Å². The Hall–Kier alpha value is -1.31. The molecule has 4 fully saturated rings. The molecular weight excluding hydrogens is 234 g/mol. The third-order valence-electron chi connectivity index (χ3n) is 5.99. The highest BCUT2D eigenvalue weighted by Crippen LogP contribution is 2.62. The SMILES string of the molecule is NC(=O)C1C2CC3CC1CC(c1ccccc1)(C3)C2. The molecule has 0 radical (unpaired) electrons. The minimum absolute atomic E-state index is 0.0444. The molecule has 0 saturated heterocycles. The second-order valence-corrected chi connectivity index (χ2v) is 7.04. The van der Waals surface area contributed by atoms with E-state index in [9.17, 15) is 4.79 Å². The van der Waals surface area contributed by atoms with Gasteiger partial charge in [0.2, 0.25) is 5.91 Å². The van der Waals surface area contributed by atoms with Crippen LogP contribution in [-0.2, 0) is 10.2 Å². The Bertz CT molecular complexity index is 493. The number of hydrogen-bond donors (Lipinski definition) is 1. The number of hydrogen-bond acceptors (Lipinski definition) is 1. The van der Waals surface area contributed by atoms with E-state index in [1.54, 1.807) is 0 Å². The van der Waals surface area contributed by atoms with E-state index in [4.69, 9.17) is 5.73 Å².